The molecule has 0 aromatic heterocycles. The second-order valence-electron chi connectivity index (χ2n) is 3.89. The molecule has 0 saturated carbocycles. The Morgan fingerprint density at radius 2 is 2.06 bits per heavy atom. The molecule has 94 valence electrons. The second kappa shape index (κ2) is 4.72. The number of ether oxygens (including phenoxy) is 1. The lowest BCUT2D eigenvalue weighted by molar-refractivity contribution is -0.148. The van der Waals surface area contributed by atoms with E-state index in [1.807, 2.05) is 0 Å². The molecule has 1 amide bonds. The molecule has 0 aliphatic rings. The third-order valence-electron chi connectivity index (χ3n) is 1.61. The van der Waals surface area contributed by atoms with E-state index < -0.39 is 49.7 Å². The minimum absolute atomic E-state index is 0.197. The van der Waals surface area contributed by atoms with E-state index in [0.717, 1.165) is 6.92 Å². The molecule has 0 fully saturated rings. The first kappa shape index (κ1) is 5.38. The number of alkyl carbamates (subject to hydrolysis) is 1. The molecule has 0 heterocycles. The summed E-state index contributed by atoms with van der Waals surface area (Å²) in [4.78, 5) is 23.7. The standard InChI is InChI=1S/C11H21NO4/c1-7(11(5,6)8(13)14)12-9(15)16-10(2,3)4/h7H,1-6H3,(H,12,15)(H,13,14)/t7-/m0/s1/i2D2,5D3,6D3/hD. The summed E-state index contributed by atoms with van der Waals surface area (Å²) in [5.74, 6) is -2.22. The zero-order valence-corrected chi connectivity index (χ0v) is 9.27. The van der Waals surface area contributed by atoms with Crippen LogP contribution in [0.5, 0.6) is 0 Å². The Labute approximate surface area is 109 Å². The second-order valence-corrected chi connectivity index (χ2v) is 3.89. The predicted octanol–water partition coefficient (Wildman–Crippen LogP) is 2.01. The molecule has 2 N–H and O–H groups in total. The maximum atomic E-state index is 12.0. The Balaban J connectivity index is 6.02. The van der Waals surface area contributed by atoms with Gasteiger partial charge in [-0.1, -0.05) is 0 Å². The summed E-state index contributed by atoms with van der Waals surface area (Å²) in [5, 5.41) is 9.18. The molecule has 0 aromatic carbocycles. The van der Waals surface area contributed by atoms with Crippen LogP contribution in [0.2, 0.25) is 1.41 Å². The van der Waals surface area contributed by atoms with Crippen molar-refractivity contribution in [3.8, 4) is 0 Å². The number of hydrogen-bond donors (Lipinski definition) is 2. The lowest BCUT2D eigenvalue weighted by atomic mass is 9.86. The molecule has 0 bridgehead atoms. The Kier molecular flexibility index (Phi) is 1.59. The van der Waals surface area contributed by atoms with Crippen LogP contribution in [0.25, 0.3) is 0 Å². The fourth-order valence-electron chi connectivity index (χ4n) is 0.685. The highest BCUT2D eigenvalue weighted by molar-refractivity contribution is 5.76. The van der Waals surface area contributed by atoms with E-state index in [1.165, 1.54) is 13.8 Å². The van der Waals surface area contributed by atoms with Gasteiger partial charge in [-0.05, 0) is 41.4 Å². The first-order chi connectivity index (χ1) is 10.8. The van der Waals surface area contributed by atoms with E-state index in [9.17, 15) is 14.7 Å². The number of nitrogens with one attached hydrogen (secondary N) is 1. The lowest BCUT2D eigenvalue weighted by Crippen LogP contribution is -2.48. The third-order valence-corrected chi connectivity index (χ3v) is 1.61. The summed E-state index contributed by atoms with van der Waals surface area (Å²) in [7, 11) is 0. The number of aliphatic carboxylic acids is 1. The molecule has 5 nitrogen and oxygen atoms in total. The molecule has 0 saturated heterocycles. The number of rotatable bonds is 3. The fraction of sp³-hybridized carbons (Fsp3) is 0.818. The van der Waals surface area contributed by atoms with E-state index in [2.05, 4.69) is 0 Å². The van der Waals surface area contributed by atoms with Gasteiger partial charge in [0.1, 0.15) is 5.60 Å². The first-order valence-electron chi connectivity index (χ1n) is 9.03. The van der Waals surface area contributed by atoms with E-state index in [4.69, 9.17) is 17.1 Å². The Morgan fingerprint density at radius 1 is 1.50 bits per heavy atom. The zero-order valence-electron chi connectivity index (χ0n) is 18.3. The fourth-order valence-corrected chi connectivity index (χ4v) is 0.685. The molecule has 0 aromatic rings. The van der Waals surface area contributed by atoms with Gasteiger partial charge in [-0.2, -0.15) is 0 Å². The van der Waals surface area contributed by atoms with Crippen LogP contribution in [0.15, 0.2) is 0 Å². The molecule has 1 atom stereocenters. The maximum absolute atomic E-state index is 12.0. The normalized spacial score (nSPS) is 24.1. The number of carbonyl (C=O) groups is 2. The molecule has 0 radical (unpaired) electrons. The zero-order chi connectivity index (χ0) is 20.6. The van der Waals surface area contributed by atoms with Crippen LogP contribution in [0, 0.1) is 5.41 Å². The maximum Gasteiger partial charge on any atom is 0.407 e. The van der Waals surface area contributed by atoms with Crippen molar-refractivity contribution in [1.82, 2.24) is 5.31 Å². The van der Waals surface area contributed by atoms with Gasteiger partial charge in [0.2, 0.25) is 0 Å². The largest absolute Gasteiger partial charge is 0.481 e. The Hall–Kier alpha value is -1.26. The van der Waals surface area contributed by atoms with Gasteiger partial charge in [0.15, 0.2) is 1.41 Å². The van der Waals surface area contributed by atoms with Crippen LogP contribution in [0.3, 0.4) is 0 Å². The van der Waals surface area contributed by atoms with Crippen molar-refractivity contribution in [2.24, 2.45) is 5.41 Å². The number of carboxylic acids is 1. The molecular weight excluding hydrogens is 210 g/mol. The van der Waals surface area contributed by atoms with Crippen LogP contribution in [0.4, 0.5) is 4.79 Å². The van der Waals surface area contributed by atoms with Crippen molar-refractivity contribution in [3.05, 3.63) is 0 Å². The molecule has 16 heavy (non-hydrogen) atoms. The topological polar surface area (TPSA) is 75.6 Å². The van der Waals surface area contributed by atoms with Gasteiger partial charge in [0, 0.05) is 17.0 Å². The van der Waals surface area contributed by atoms with Gasteiger partial charge in [-0.25, -0.2) is 4.79 Å². The van der Waals surface area contributed by atoms with Crippen molar-refractivity contribution in [3.63, 3.8) is 0 Å². The Bertz CT molecular complexity index is 501. The number of carboxylic acid groups (broad SMARTS) is 1. The summed E-state index contributed by atoms with van der Waals surface area (Å²) in [6.45, 7) is -5.64. The van der Waals surface area contributed by atoms with Crippen molar-refractivity contribution in [1.29, 1.82) is 0 Å². The van der Waals surface area contributed by atoms with Gasteiger partial charge in [0.25, 0.3) is 0 Å². The van der Waals surface area contributed by atoms with Gasteiger partial charge in [-0.3, -0.25) is 4.79 Å². The average Bonchev–Trinajstić information content (AvgIpc) is 2.33. The van der Waals surface area contributed by atoms with Crippen molar-refractivity contribution < 1.29 is 31.8 Å². The average molecular weight is 240 g/mol. The van der Waals surface area contributed by atoms with E-state index >= 15 is 0 Å². The summed E-state index contributed by atoms with van der Waals surface area (Å²) >= 11 is 0. The van der Waals surface area contributed by atoms with Gasteiger partial charge < -0.3 is 15.2 Å². The molecule has 0 aliphatic heterocycles. The highest BCUT2D eigenvalue weighted by atomic mass is 16.6. The third kappa shape index (κ3) is 4.51. The number of amides is 1. The van der Waals surface area contributed by atoms with Crippen LogP contribution in [0.1, 0.15) is 52.3 Å². The van der Waals surface area contributed by atoms with Crippen LogP contribution < -0.4 is 5.31 Å². The van der Waals surface area contributed by atoms with Crippen molar-refractivity contribution >= 4 is 12.1 Å². The van der Waals surface area contributed by atoms with Crippen LogP contribution in [-0.4, -0.2) is 28.8 Å². The van der Waals surface area contributed by atoms with Gasteiger partial charge in [0.05, 0.1) is 5.41 Å². The van der Waals surface area contributed by atoms with E-state index in [1.54, 1.807) is 0 Å². The van der Waals surface area contributed by atoms with E-state index in [-0.39, 0.29) is 5.31 Å². The van der Waals surface area contributed by atoms with Crippen LogP contribution >= 0.6 is 0 Å². The predicted molar refractivity (Wildman–Crippen MR) is 60.2 cm³/mol. The summed E-state index contributed by atoms with van der Waals surface area (Å²) in [5.41, 5.74) is -5.13. The molecule has 0 rings (SSSR count). The monoisotopic (exact) mass is 240 g/mol. The molecule has 5 heteroatoms. The summed E-state index contributed by atoms with van der Waals surface area (Å²) < 4.78 is 71.4. The molecular formula is C11H21NO4. The summed E-state index contributed by atoms with van der Waals surface area (Å²) in [6.07, 6.45) is -1.57. The Morgan fingerprint density at radius 3 is 2.44 bits per heavy atom. The number of carbonyl (C=O) groups excluding carboxylic acids is 1. The summed E-state index contributed by atoms with van der Waals surface area (Å²) in [6, 6.07) is -2.14. The van der Waals surface area contributed by atoms with Gasteiger partial charge in [-0.15, -0.1) is 0 Å². The van der Waals surface area contributed by atoms with E-state index in [0.29, 0.717) is 0 Å². The minimum atomic E-state index is -3.58. The highest BCUT2D eigenvalue weighted by Crippen LogP contribution is 2.21. The number of hydrogen-bond acceptors (Lipinski definition) is 3. The molecule has 0 unspecified atom stereocenters. The SMILES string of the molecule is [2H]C([2H])C(C)(C)OC(=O)N([2H])[C@@H](C)C(C(=O)O)(C([2H])([2H])[2H])C([2H])([2H])[2H]. The van der Waals surface area contributed by atoms with Crippen molar-refractivity contribution in [2.45, 2.75) is 53.0 Å². The first-order valence-corrected chi connectivity index (χ1v) is 4.43. The molecule has 0 spiro atoms. The van der Waals surface area contributed by atoms with Gasteiger partial charge >= 0.3 is 12.1 Å². The molecule has 0 aliphatic carbocycles. The van der Waals surface area contributed by atoms with Crippen molar-refractivity contribution in [2.75, 3.05) is 0 Å². The minimum Gasteiger partial charge on any atom is -0.481 e. The quantitative estimate of drug-likeness (QED) is 0.791. The lowest BCUT2D eigenvalue weighted by Gasteiger charge is -2.29. The smallest absolute Gasteiger partial charge is 0.407 e. The highest BCUT2D eigenvalue weighted by Gasteiger charge is 2.35. The van der Waals surface area contributed by atoms with Crippen LogP contribution in [-0.2, 0) is 9.53 Å².